The van der Waals surface area contributed by atoms with Crippen molar-refractivity contribution in [1.29, 1.82) is 0 Å². The Bertz CT molecular complexity index is 960. The number of nitrogens with zero attached hydrogens (tertiary/aromatic N) is 2. The monoisotopic (exact) mass is 396 g/mol. The third-order valence-electron chi connectivity index (χ3n) is 6.08. The lowest BCUT2D eigenvalue weighted by molar-refractivity contribution is 0.0788. The molecule has 1 amide bonds. The number of carbonyl (C=O) groups is 1. The second kappa shape index (κ2) is 8.31. The van der Waals surface area contributed by atoms with E-state index in [1.165, 1.54) is 30.3 Å². The molecule has 2 heterocycles. The Balaban J connectivity index is 1.53. The van der Waals surface area contributed by atoms with Crippen LogP contribution in [0.25, 0.3) is 5.69 Å². The van der Waals surface area contributed by atoms with Crippen LogP contribution in [-0.2, 0) is 0 Å². The van der Waals surface area contributed by atoms with Crippen LogP contribution in [0.15, 0.2) is 35.3 Å². The molecule has 0 saturated heterocycles. The molecule has 0 N–H and O–H groups in total. The number of fused-ring (bicyclic) bond motifs is 1. The minimum atomic E-state index is -0.309. The molecule has 29 heavy (non-hydrogen) atoms. The first-order valence-corrected chi connectivity index (χ1v) is 10.4. The first-order chi connectivity index (χ1) is 14.0. The fourth-order valence-electron chi connectivity index (χ4n) is 4.33. The maximum atomic E-state index is 13.2. The highest BCUT2D eigenvalue weighted by Gasteiger charge is 2.22. The van der Waals surface area contributed by atoms with Gasteiger partial charge in [-0.1, -0.05) is 25.7 Å². The molecule has 1 aromatic heterocycles. The van der Waals surface area contributed by atoms with Gasteiger partial charge in [0.2, 0.25) is 6.79 Å². The van der Waals surface area contributed by atoms with Gasteiger partial charge in [-0.25, -0.2) is 0 Å². The number of aryl methyl sites for hydroxylation is 1. The average molecular weight is 396 g/mol. The van der Waals surface area contributed by atoms with E-state index in [4.69, 9.17) is 9.47 Å². The third kappa shape index (κ3) is 4.02. The zero-order valence-electron chi connectivity index (χ0n) is 17.1. The van der Waals surface area contributed by atoms with Crippen LogP contribution in [0.3, 0.4) is 0 Å². The van der Waals surface area contributed by atoms with Crippen LogP contribution in [0.2, 0.25) is 0 Å². The predicted octanol–water partition coefficient (Wildman–Crippen LogP) is 3.92. The molecule has 2 aromatic rings. The third-order valence-corrected chi connectivity index (χ3v) is 6.08. The van der Waals surface area contributed by atoms with Gasteiger partial charge in [-0.3, -0.25) is 14.2 Å². The summed E-state index contributed by atoms with van der Waals surface area (Å²) in [6.07, 6.45) is 9.14. The molecule has 0 bridgehead atoms. The number of benzene rings is 1. The minimum absolute atomic E-state index is 0.178. The van der Waals surface area contributed by atoms with Crippen molar-refractivity contribution in [3.63, 3.8) is 0 Å². The van der Waals surface area contributed by atoms with E-state index in [2.05, 4.69) is 0 Å². The van der Waals surface area contributed by atoms with E-state index in [1.54, 1.807) is 36.3 Å². The summed E-state index contributed by atoms with van der Waals surface area (Å²) < 4.78 is 12.2. The standard InChI is InChI=1S/C23H28N2O4/c1-16-11-13-25(18-9-10-19-20(14-18)29-15-28-19)23(27)21(16)22(26)24(2)12-5-8-17-6-3-4-7-17/h9-11,13-14,17H,3-8,12,15H2,1-2H3. The Labute approximate surface area is 171 Å². The number of pyridine rings is 1. The molecular weight excluding hydrogens is 368 g/mol. The SMILES string of the molecule is Cc1ccn(-c2ccc3c(c2)OCO3)c(=O)c1C(=O)N(C)CCCC1CCCC1. The van der Waals surface area contributed by atoms with Gasteiger partial charge in [0.05, 0.1) is 5.69 Å². The van der Waals surface area contributed by atoms with E-state index in [1.807, 2.05) is 13.0 Å². The van der Waals surface area contributed by atoms with Gasteiger partial charge < -0.3 is 14.4 Å². The zero-order valence-corrected chi connectivity index (χ0v) is 17.1. The average Bonchev–Trinajstić information content (AvgIpc) is 3.39. The maximum Gasteiger partial charge on any atom is 0.268 e. The summed E-state index contributed by atoms with van der Waals surface area (Å²) in [5.74, 6) is 1.85. The van der Waals surface area contributed by atoms with E-state index in [-0.39, 0.29) is 23.8 Å². The molecule has 0 spiro atoms. The molecule has 1 aliphatic heterocycles. The molecule has 1 saturated carbocycles. The van der Waals surface area contributed by atoms with Gasteiger partial charge in [0.25, 0.3) is 11.5 Å². The normalized spacial score (nSPS) is 15.7. The minimum Gasteiger partial charge on any atom is -0.454 e. The Hall–Kier alpha value is -2.76. The molecule has 0 unspecified atom stereocenters. The molecule has 0 radical (unpaired) electrons. The van der Waals surface area contributed by atoms with Crippen molar-refractivity contribution < 1.29 is 14.3 Å². The van der Waals surface area contributed by atoms with Crippen molar-refractivity contribution in [1.82, 2.24) is 9.47 Å². The first-order valence-electron chi connectivity index (χ1n) is 10.4. The maximum absolute atomic E-state index is 13.2. The summed E-state index contributed by atoms with van der Waals surface area (Å²) in [6.45, 7) is 2.66. The summed E-state index contributed by atoms with van der Waals surface area (Å²) in [4.78, 5) is 27.9. The number of aromatic nitrogens is 1. The van der Waals surface area contributed by atoms with Crippen LogP contribution < -0.4 is 15.0 Å². The Morgan fingerprint density at radius 1 is 1.17 bits per heavy atom. The van der Waals surface area contributed by atoms with Crippen molar-refractivity contribution in [2.45, 2.75) is 45.4 Å². The van der Waals surface area contributed by atoms with Crippen molar-refractivity contribution in [3.8, 4) is 17.2 Å². The molecule has 6 nitrogen and oxygen atoms in total. The van der Waals surface area contributed by atoms with E-state index in [0.29, 0.717) is 29.3 Å². The van der Waals surface area contributed by atoms with Crippen LogP contribution in [-0.4, -0.2) is 35.8 Å². The van der Waals surface area contributed by atoms with Crippen LogP contribution in [0, 0.1) is 12.8 Å². The number of rotatable bonds is 6. The van der Waals surface area contributed by atoms with E-state index in [0.717, 1.165) is 18.8 Å². The van der Waals surface area contributed by atoms with Crippen LogP contribution in [0.1, 0.15) is 54.4 Å². The highest BCUT2D eigenvalue weighted by molar-refractivity contribution is 5.95. The fraction of sp³-hybridized carbons (Fsp3) is 0.478. The van der Waals surface area contributed by atoms with E-state index < -0.39 is 0 Å². The molecule has 6 heteroatoms. The molecule has 0 atom stereocenters. The van der Waals surface area contributed by atoms with Gasteiger partial charge in [-0.05, 0) is 49.4 Å². The number of hydrogen-bond donors (Lipinski definition) is 0. The topological polar surface area (TPSA) is 60.8 Å². The lowest BCUT2D eigenvalue weighted by Crippen LogP contribution is -2.35. The van der Waals surface area contributed by atoms with Gasteiger partial charge >= 0.3 is 0 Å². The fourth-order valence-corrected chi connectivity index (χ4v) is 4.33. The van der Waals surface area contributed by atoms with Gasteiger partial charge in [0, 0.05) is 25.9 Å². The van der Waals surface area contributed by atoms with E-state index >= 15 is 0 Å². The Morgan fingerprint density at radius 2 is 1.93 bits per heavy atom. The van der Waals surface area contributed by atoms with Gasteiger partial charge in [-0.15, -0.1) is 0 Å². The van der Waals surface area contributed by atoms with Crippen molar-refractivity contribution in [3.05, 3.63) is 51.9 Å². The van der Waals surface area contributed by atoms with Crippen molar-refractivity contribution in [2.75, 3.05) is 20.4 Å². The lowest BCUT2D eigenvalue weighted by Gasteiger charge is -2.20. The molecule has 1 aromatic carbocycles. The second-order valence-electron chi connectivity index (χ2n) is 8.11. The highest BCUT2D eigenvalue weighted by Crippen LogP contribution is 2.33. The predicted molar refractivity (Wildman–Crippen MR) is 111 cm³/mol. The van der Waals surface area contributed by atoms with Crippen LogP contribution >= 0.6 is 0 Å². The first kappa shape index (κ1) is 19.6. The Kier molecular flexibility index (Phi) is 5.60. The molecule has 1 fully saturated rings. The number of carbonyl (C=O) groups excluding carboxylic acids is 1. The zero-order chi connectivity index (χ0) is 20.4. The molecule has 1 aliphatic carbocycles. The Morgan fingerprint density at radius 3 is 2.72 bits per heavy atom. The smallest absolute Gasteiger partial charge is 0.268 e. The van der Waals surface area contributed by atoms with Gasteiger partial charge in [0.1, 0.15) is 5.56 Å². The summed E-state index contributed by atoms with van der Waals surface area (Å²) >= 11 is 0. The molecule has 2 aliphatic rings. The molecule has 154 valence electrons. The van der Waals surface area contributed by atoms with Gasteiger partial charge in [-0.2, -0.15) is 0 Å². The lowest BCUT2D eigenvalue weighted by atomic mass is 10.0. The molecule has 4 rings (SSSR count). The van der Waals surface area contributed by atoms with Crippen LogP contribution in [0.5, 0.6) is 11.5 Å². The molecular formula is C23H28N2O4. The van der Waals surface area contributed by atoms with Crippen LogP contribution in [0.4, 0.5) is 0 Å². The van der Waals surface area contributed by atoms with E-state index in [9.17, 15) is 9.59 Å². The highest BCUT2D eigenvalue weighted by atomic mass is 16.7. The van der Waals surface area contributed by atoms with Crippen molar-refractivity contribution >= 4 is 5.91 Å². The quantitative estimate of drug-likeness (QED) is 0.743. The van der Waals surface area contributed by atoms with Crippen molar-refractivity contribution in [2.24, 2.45) is 5.92 Å². The van der Waals surface area contributed by atoms with Gasteiger partial charge in [0.15, 0.2) is 11.5 Å². The number of amides is 1. The largest absolute Gasteiger partial charge is 0.454 e. The second-order valence-corrected chi connectivity index (χ2v) is 8.11. The number of hydrogen-bond acceptors (Lipinski definition) is 4. The number of ether oxygens (including phenoxy) is 2. The summed E-state index contributed by atoms with van der Waals surface area (Å²) in [5.41, 5.74) is 1.27. The summed E-state index contributed by atoms with van der Waals surface area (Å²) in [7, 11) is 1.79. The summed E-state index contributed by atoms with van der Waals surface area (Å²) in [6, 6.07) is 7.15. The summed E-state index contributed by atoms with van der Waals surface area (Å²) in [5, 5.41) is 0.